The molecule has 0 saturated heterocycles. The van der Waals surface area contributed by atoms with Crippen LogP contribution in [-0.2, 0) is 22.5 Å². The summed E-state index contributed by atoms with van der Waals surface area (Å²) in [6, 6.07) is 0. The third-order valence-corrected chi connectivity index (χ3v) is 1.70. The Morgan fingerprint density at radius 2 is 2.53 bits per heavy atom. The Bertz CT molecular complexity index is 365. The Morgan fingerprint density at radius 1 is 1.73 bits per heavy atom. The molecular weight excluding hydrogens is 194 g/mol. The lowest BCUT2D eigenvalue weighted by Gasteiger charge is -1.99. The summed E-state index contributed by atoms with van der Waals surface area (Å²) in [5.41, 5.74) is 0.877. The van der Waals surface area contributed by atoms with E-state index in [-0.39, 0.29) is 13.2 Å². The van der Waals surface area contributed by atoms with Crippen LogP contribution in [0.25, 0.3) is 0 Å². The maximum absolute atomic E-state index is 11.1. The van der Waals surface area contributed by atoms with Gasteiger partial charge in [0.15, 0.2) is 6.61 Å². The molecule has 5 heteroatoms. The molecular formula is C10H13N3O2. The predicted octanol–water partition coefficient (Wildman–Crippen LogP) is 0.407. The highest BCUT2D eigenvalue weighted by Gasteiger charge is 2.05. The number of aromatic nitrogens is 3. The molecule has 1 heterocycles. The highest BCUT2D eigenvalue weighted by Crippen LogP contribution is 1.97. The van der Waals surface area contributed by atoms with E-state index in [0.29, 0.717) is 0 Å². The Morgan fingerprint density at radius 3 is 3.20 bits per heavy atom. The smallest absolute Gasteiger partial charge is 0.328 e. The number of terminal acetylenes is 1. The van der Waals surface area contributed by atoms with Crippen molar-refractivity contribution in [2.24, 2.45) is 0 Å². The molecule has 5 nitrogen and oxygen atoms in total. The molecule has 1 aromatic heterocycles. The summed E-state index contributed by atoms with van der Waals surface area (Å²) < 4.78 is 6.15. The van der Waals surface area contributed by atoms with Crippen molar-refractivity contribution in [3.8, 4) is 12.3 Å². The van der Waals surface area contributed by atoms with E-state index in [2.05, 4.69) is 23.2 Å². The number of rotatable bonds is 5. The lowest BCUT2D eigenvalue weighted by atomic mass is 10.3. The number of carbonyl (C=O) groups is 1. The van der Waals surface area contributed by atoms with Crippen molar-refractivity contribution in [3.05, 3.63) is 11.9 Å². The van der Waals surface area contributed by atoms with E-state index in [9.17, 15) is 4.79 Å². The van der Waals surface area contributed by atoms with Crippen LogP contribution in [-0.4, -0.2) is 27.6 Å². The largest absolute Gasteiger partial charge is 0.451 e. The first-order valence-electron chi connectivity index (χ1n) is 4.74. The second-order valence-corrected chi connectivity index (χ2v) is 3.02. The minimum absolute atomic E-state index is 0.00462. The van der Waals surface area contributed by atoms with Gasteiger partial charge in [-0.2, -0.15) is 0 Å². The zero-order chi connectivity index (χ0) is 11.1. The molecule has 0 aliphatic heterocycles. The van der Waals surface area contributed by atoms with Crippen LogP contribution in [0.5, 0.6) is 0 Å². The Balaban J connectivity index is 2.43. The summed E-state index contributed by atoms with van der Waals surface area (Å²) in [7, 11) is 0. The van der Waals surface area contributed by atoms with Crippen LogP contribution in [0, 0.1) is 12.3 Å². The molecule has 80 valence electrons. The van der Waals surface area contributed by atoms with E-state index < -0.39 is 5.97 Å². The summed E-state index contributed by atoms with van der Waals surface area (Å²) in [4.78, 5) is 11.1. The maximum Gasteiger partial charge on any atom is 0.328 e. The molecule has 0 N–H and O–H groups in total. The molecule has 0 bridgehead atoms. The average Bonchev–Trinajstić information content (AvgIpc) is 2.63. The van der Waals surface area contributed by atoms with Gasteiger partial charge < -0.3 is 4.74 Å². The van der Waals surface area contributed by atoms with Crippen molar-refractivity contribution in [1.82, 2.24) is 15.0 Å². The van der Waals surface area contributed by atoms with E-state index in [0.717, 1.165) is 18.5 Å². The van der Waals surface area contributed by atoms with E-state index in [4.69, 9.17) is 11.2 Å². The van der Waals surface area contributed by atoms with Crippen molar-refractivity contribution >= 4 is 5.97 Å². The van der Waals surface area contributed by atoms with Gasteiger partial charge in [0.25, 0.3) is 0 Å². The van der Waals surface area contributed by atoms with Crippen LogP contribution in [0.2, 0.25) is 0 Å². The molecule has 1 rings (SSSR count). The lowest BCUT2D eigenvalue weighted by Crippen LogP contribution is -2.14. The third kappa shape index (κ3) is 3.81. The van der Waals surface area contributed by atoms with Crippen molar-refractivity contribution in [2.45, 2.75) is 26.3 Å². The minimum atomic E-state index is -0.402. The van der Waals surface area contributed by atoms with Crippen molar-refractivity contribution in [2.75, 3.05) is 6.61 Å². The molecule has 0 atom stereocenters. The van der Waals surface area contributed by atoms with E-state index in [1.54, 1.807) is 6.20 Å². The minimum Gasteiger partial charge on any atom is -0.451 e. The van der Waals surface area contributed by atoms with Crippen molar-refractivity contribution < 1.29 is 9.53 Å². The molecule has 0 aliphatic carbocycles. The molecule has 15 heavy (non-hydrogen) atoms. The van der Waals surface area contributed by atoms with Crippen LogP contribution < -0.4 is 0 Å². The predicted molar refractivity (Wildman–Crippen MR) is 53.8 cm³/mol. The fraction of sp³-hybridized carbons (Fsp3) is 0.500. The molecule has 0 spiro atoms. The maximum atomic E-state index is 11.1. The molecule has 0 amide bonds. The normalized spacial score (nSPS) is 9.60. The number of aryl methyl sites for hydroxylation is 1. The van der Waals surface area contributed by atoms with Gasteiger partial charge in [-0.15, -0.1) is 11.5 Å². The zero-order valence-electron chi connectivity index (χ0n) is 8.64. The Labute approximate surface area is 88.4 Å². The molecule has 0 saturated carbocycles. The second-order valence-electron chi connectivity index (χ2n) is 3.02. The zero-order valence-corrected chi connectivity index (χ0v) is 8.64. The summed E-state index contributed by atoms with van der Waals surface area (Å²) in [5.74, 6) is 1.82. The van der Waals surface area contributed by atoms with Crippen LogP contribution in [0.4, 0.5) is 0 Å². The topological polar surface area (TPSA) is 57.0 Å². The van der Waals surface area contributed by atoms with E-state index in [1.807, 2.05) is 0 Å². The number of carbonyl (C=O) groups excluding carboxylic acids is 1. The van der Waals surface area contributed by atoms with E-state index >= 15 is 0 Å². The Hall–Kier alpha value is -1.83. The van der Waals surface area contributed by atoms with Gasteiger partial charge in [-0.25, -0.2) is 4.68 Å². The number of nitrogens with zero attached hydrogens (tertiary/aromatic N) is 3. The number of esters is 1. The van der Waals surface area contributed by atoms with Crippen LogP contribution >= 0.6 is 0 Å². The first-order valence-corrected chi connectivity index (χ1v) is 4.74. The van der Waals surface area contributed by atoms with Crippen LogP contribution in [0.1, 0.15) is 19.0 Å². The second kappa shape index (κ2) is 5.81. The molecule has 0 aromatic carbocycles. The molecule has 0 radical (unpaired) electrons. The molecule has 0 fully saturated rings. The van der Waals surface area contributed by atoms with Gasteiger partial charge in [0.05, 0.1) is 5.69 Å². The van der Waals surface area contributed by atoms with Crippen LogP contribution in [0.3, 0.4) is 0 Å². The first-order chi connectivity index (χ1) is 7.26. The van der Waals surface area contributed by atoms with Crippen molar-refractivity contribution in [1.29, 1.82) is 0 Å². The molecule has 0 aliphatic rings. The van der Waals surface area contributed by atoms with Gasteiger partial charge in [-0.1, -0.05) is 24.5 Å². The van der Waals surface area contributed by atoms with Gasteiger partial charge in [0.2, 0.25) is 0 Å². The SMILES string of the molecule is C#CCOC(=O)Cn1cc(CCC)nn1. The highest BCUT2D eigenvalue weighted by atomic mass is 16.5. The van der Waals surface area contributed by atoms with Gasteiger partial charge in [-0.05, 0) is 6.42 Å². The summed E-state index contributed by atoms with van der Waals surface area (Å²) in [6.07, 6.45) is 8.55. The lowest BCUT2D eigenvalue weighted by molar-refractivity contribution is -0.143. The number of ether oxygens (including phenoxy) is 1. The third-order valence-electron chi connectivity index (χ3n) is 1.70. The average molecular weight is 207 g/mol. The number of hydrogen-bond acceptors (Lipinski definition) is 4. The van der Waals surface area contributed by atoms with Gasteiger partial charge >= 0.3 is 5.97 Å². The fourth-order valence-corrected chi connectivity index (χ4v) is 1.09. The monoisotopic (exact) mass is 207 g/mol. The summed E-state index contributed by atoms with van der Waals surface area (Å²) in [6.45, 7) is 2.11. The van der Waals surface area contributed by atoms with E-state index in [1.165, 1.54) is 4.68 Å². The van der Waals surface area contributed by atoms with Gasteiger partial charge in [0.1, 0.15) is 6.54 Å². The summed E-state index contributed by atoms with van der Waals surface area (Å²) in [5, 5.41) is 7.70. The molecule has 0 unspecified atom stereocenters. The number of hydrogen-bond donors (Lipinski definition) is 0. The molecule has 1 aromatic rings. The first kappa shape index (κ1) is 11.2. The van der Waals surface area contributed by atoms with Crippen LogP contribution in [0.15, 0.2) is 6.20 Å². The van der Waals surface area contributed by atoms with Crippen molar-refractivity contribution in [3.63, 3.8) is 0 Å². The summed E-state index contributed by atoms with van der Waals surface area (Å²) >= 11 is 0. The van der Waals surface area contributed by atoms with Gasteiger partial charge in [-0.3, -0.25) is 4.79 Å². The standard InChI is InChI=1S/C10H13N3O2/c1-3-5-9-7-13(12-11-9)8-10(14)15-6-4-2/h2,7H,3,5-6,8H2,1H3. The quantitative estimate of drug-likeness (QED) is 0.518. The Kier molecular flexibility index (Phi) is 4.35. The van der Waals surface area contributed by atoms with Gasteiger partial charge in [0, 0.05) is 6.20 Å². The highest BCUT2D eigenvalue weighted by molar-refractivity contribution is 5.69. The fourth-order valence-electron chi connectivity index (χ4n) is 1.09.